The molecule has 1 aliphatic heterocycles. The molecule has 0 N–H and O–H groups in total. The van der Waals surface area contributed by atoms with Gasteiger partial charge in [-0.15, -0.1) is 0 Å². The van der Waals surface area contributed by atoms with Gasteiger partial charge in [0.25, 0.3) is 0 Å². The molecule has 0 aromatic rings. The van der Waals surface area contributed by atoms with Crippen LogP contribution >= 0.6 is 11.6 Å². The number of piperidine rings is 1. The van der Waals surface area contributed by atoms with Crippen molar-refractivity contribution in [1.82, 2.24) is 4.90 Å². The number of halogens is 1. The number of hydrogen-bond donors (Lipinski definition) is 0. The van der Waals surface area contributed by atoms with Crippen molar-refractivity contribution < 1.29 is 4.79 Å². The van der Waals surface area contributed by atoms with Gasteiger partial charge >= 0.3 is 0 Å². The summed E-state index contributed by atoms with van der Waals surface area (Å²) in [6, 6.07) is 0. The zero-order chi connectivity index (χ0) is 8.27. The molecule has 1 heterocycles. The van der Waals surface area contributed by atoms with Gasteiger partial charge in [-0.05, 0) is 43.5 Å². The molecule has 2 nitrogen and oxygen atoms in total. The van der Waals surface area contributed by atoms with Gasteiger partial charge in [0, 0.05) is 0 Å². The Morgan fingerprint density at radius 2 is 2.09 bits per heavy atom. The molecule has 3 heteroatoms. The summed E-state index contributed by atoms with van der Waals surface area (Å²) in [5.41, 5.74) is 0. The summed E-state index contributed by atoms with van der Waals surface area (Å²) in [6.07, 6.45) is 2.40. The van der Waals surface area contributed by atoms with Gasteiger partial charge in [0.1, 0.15) is 0 Å². The van der Waals surface area contributed by atoms with Crippen LogP contribution < -0.4 is 0 Å². The molecule has 0 bridgehead atoms. The van der Waals surface area contributed by atoms with Gasteiger partial charge in [0.05, 0.1) is 6.54 Å². The maximum Gasteiger partial charge on any atom is 0.235 e. The Morgan fingerprint density at radius 1 is 1.55 bits per heavy atom. The first-order chi connectivity index (χ1) is 5.18. The second-order valence-electron chi connectivity index (χ2n) is 3.31. The number of rotatable bonds is 2. The van der Waals surface area contributed by atoms with E-state index in [1.165, 1.54) is 12.8 Å². The van der Waals surface area contributed by atoms with Crippen LogP contribution in [0.5, 0.6) is 0 Å². The number of carbonyl (C=O) groups is 1. The minimum absolute atomic E-state index is 0.237. The normalized spacial score (nSPS) is 22.0. The first-order valence-corrected chi connectivity index (χ1v) is 4.47. The summed E-state index contributed by atoms with van der Waals surface area (Å²) in [6.45, 7) is 4.73. The number of carbonyl (C=O) groups excluding carboxylic acids is 1. The summed E-state index contributed by atoms with van der Waals surface area (Å²) in [5.74, 6) is 0.816. The number of hydrogen-bond acceptors (Lipinski definition) is 2. The third-order valence-electron chi connectivity index (χ3n) is 2.22. The molecular formula is C8H14ClNO. The quantitative estimate of drug-likeness (QED) is 0.593. The van der Waals surface area contributed by atoms with Crippen LogP contribution in [0.1, 0.15) is 19.8 Å². The molecule has 0 unspecified atom stereocenters. The van der Waals surface area contributed by atoms with E-state index in [4.69, 9.17) is 11.6 Å². The van der Waals surface area contributed by atoms with Crippen LogP contribution in [-0.2, 0) is 4.79 Å². The van der Waals surface area contributed by atoms with Gasteiger partial charge in [-0.3, -0.25) is 9.69 Å². The molecule has 1 saturated heterocycles. The van der Waals surface area contributed by atoms with Crippen LogP contribution in [-0.4, -0.2) is 29.8 Å². The molecule has 0 radical (unpaired) electrons. The van der Waals surface area contributed by atoms with Crippen molar-refractivity contribution in [1.29, 1.82) is 0 Å². The van der Waals surface area contributed by atoms with E-state index in [-0.39, 0.29) is 5.24 Å². The number of nitrogens with zero attached hydrogens (tertiary/aromatic N) is 1. The lowest BCUT2D eigenvalue weighted by Gasteiger charge is -2.28. The Hall–Kier alpha value is -0.0800. The molecule has 1 fully saturated rings. The molecule has 0 amide bonds. The standard InChI is InChI=1S/C8H14ClNO/c1-7-2-4-10(5-3-7)6-8(9)11/h7H,2-6H2,1H3. The van der Waals surface area contributed by atoms with Gasteiger partial charge < -0.3 is 0 Å². The molecule has 0 aromatic carbocycles. The Bertz CT molecular complexity index is 141. The fraction of sp³-hybridized carbons (Fsp3) is 0.875. The van der Waals surface area contributed by atoms with Crippen molar-refractivity contribution in [2.24, 2.45) is 5.92 Å². The molecule has 64 valence electrons. The van der Waals surface area contributed by atoms with Crippen LogP contribution in [0.4, 0.5) is 0 Å². The average Bonchev–Trinajstić information content (AvgIpc) is 1.93. The monoisotopic (exact) mass is 175 g/mol. The highest BCUT2D eigenvalue weighted by atomic mass is 35.5. The Labute approximate surface area is 72.5 Å². The summed E-state index contributed by atoms with van der Waals surface area (Å²) < 4.78 is 0. The summed E-state index contributed by atoms with van der Waals surface area (Å²) in [5, 5.41) is -0.237. The highest BCUT2D eigenvalue weighted by molar-refractivity contribution is 6.64. The van der Waals surface area contributed by atoms with E-state index in [0.717, 1.165) is 19.0 Å². The van der Waals surface area contributed by atoms with E-state index in [1.807, 2.05) is 0 Å². The van der Waals surface area contributed by atoms with Gasteiger partial charge in [-0.25, -0.2) is 0 Å². The second-order valence-corrected chi connectivity index (χ2v) is 3.74. The second kappa shape index (κ2) is 4.07. The largest absolute Gasteiger partial charge is 0.295 e. The predicted octanol–water partition coefficient (Wildman–Crippen LogP) is 1.48. The molecule has 11 heavy (non-hydrogen) atoms. The van der Waals surface area contributed by atoms with Crippen molar-refractivity contribution >= 4 is 16.8 Å². The first-order valence-electron chi connectivity index (χ1n) is 4.09. The van der Waals surface area contributed by atoms with Crippen LogP contribution in [0.25, 0.3) is 0 Å². The maximum absolute atomic E-state index is 10.5. The van der Waals surface area contributed by atoms with E-state index < -0.39 is 0 Å². The van der Waals surface area contributed by atoms with Crippen LogP contribution in [0.2, 0.25) is 0 Å². The van der Waals surface area contributed by atoms with E-state index in [2.05, 4.69) is 11.8 Å². The molecule has 0 saturated carbocycles. The zero-order valence-corrected chi connectivity index (χ0v) is 7.60. The van der Waals surface area contributed by atoms with E-state index >= 15 is 0 Å². The lowest BCUT2D eigenvalue weighted by Crippen LogP contribution is -2.35. The lowest BCUT2D eigenvalue weighted by atomic mass is 9.99. The van der Waals surface area contributed by atoms with Gasteiger partial charge in [0.15, 0.2) is 0 Å². The van der Waals surface area contributed by atoms with Crippen LogP contribution in [0.3, 0.4) is 0 Å². The fourth-order valence-electron chi connectivity index (χ4n) is 1.40. The highest BCUT2D eigenvalue weighted by Crippen LogP contribution is 2.15. The first kappa shape index (κ1) is 9.01. The van der Waals surface area contributed by atoms with Gasteiger partial charge in [-0.2, -0.15) is 0 Å². The van der Waals surface area contributed by atoms with Crippen molar-refractivity contribution in [3.8, 4) is 0 Å². The molecule has 0 spiro atoms. The zero-order valence-electron chi connectivity index (χ0n) is 6.85. The molecule has 0 aromatic heterocycles. The topological polar surface area (TPSA) is 20.3 Å². The summed E-state index contributed by atoms with van der Waals surface area (Å²) >= 11 is 5.27. The molecule has 0 atom stereocenters. The minimum Gasteiger partial charge on any atom is -0.295 e. The van der Waals surface area contributed by atoms with E-state index in [1.54, 1.807) is 0 Å². The predicted molar refractivity (Wildman–Crippen MR) is 45.7 cm³/mol. The van der Waals surface area contributed by atoms with Crippen molar-refractivity contribution in [2.45, 2.75) is 19.8 Å². The highest BCUT2D eigenvalue weighted by Gasteiger charge is 2.16. The third-order valence-corrected chi connectivity index (χ3v) is 2.34. The number of likely N-dealkylation sites (tertiary alicyclic amines) is 1. The van der Waals surface area contributed by atoms with Gasteiger partial charge in [0.2, 0.25) is 5.24 Å². The molecule has 0 aliphatic carbocycles. The maximum atomic E-state index is 10.5. The van der Waals surface area contributed by atoms with E-state index in [9.17, 15) is 4.79 Å². The van der Waals surface area contributed by atoms with Crippen LogP contribution in [0.15, 0.2) is 0 Å². The molecule has 1 aliphatic rings. The molecule has 1 rings (SSSR count). The minimum atomic E-state index is -0.237. The van der Waals surface area contributed by atoms with Crippen molar-refractivity contribution in [2.75, 3.05) is 19.6 Å². The smallest absolute Gasteiger partial charge is 0.235 e. The Kier molecular flexibility index (Phi) is 3.34. The molecular weight excluding hydrogens is 162 g/mol. The Balaban J connectivity index is 2.22. The average molecular weight is 176 g/mol. The van der Waals surface area contributed by atoms with E-state index in [0.29, 0.717) is 6.54 Å². The summed E-state index contributed by atoms with van der Waals surface area (Å²) in [7, 11) is 0. The fourth-order valence-corrected chi connectivity index (χ4v) is 1.57. The lowest BCUT2D eigenvalue weighted by molar-refractivity contribution is -0.113. The summed E-state index contributed by atoms with van der Waals surface area (Å²) in [4.78, 5) is 12.6. The van der Waals surface area contributed by atoms with Crippen LogP contribution in [0, 0.1) is 5.92 Å². The third kappa shape index (κ3) is 3.21. The van der Waals surface area contributed by atoms with Crippen molar-refractivity contribution in [3.05, 3.63) is 0 Å². The van der Waals surface area contributed by atoms with Gasteiger partial charge in [-0.1, -0.05) is 6.92 Å². The van der Waals surface area contributed by atoms with Crippen molar-refractivity contribution in [3.63, 3.8) is 0 Å². The SMILES string of the molecule is CC1CCN(CC(=O)Cl)CC1. The Morgan fingerprint density at radius 3 is 2.55 bits per heavy atom.